The van der Waals surface area contributed by atoms with Crippen molar-refractivity contribution in [2.24, 2.45) is 0 Å². The lowest BCUT2D eigenvalue weighted by molar-refractivity contribution is -0.315. The molecule has 0 radical (unpaired) electrons. The number of ether oxygens (including phenoxy) is 2. The highest BCUT2D eigenvalue weighted by atomic mass is 16.7. The van der Waals surface area contributed by atoms with E-state index < -0.39 is 56.6 Å². The predicted molar refractivity (Wildman–Crippen MR) is 52.8 cm³/mol. The molecule has 5 atom stereocenters. The van der Waals surface area contributed by atoms with Gasteiger partial charge in [-0.1, -0.05) is 0 Å². The Morgan fingerprint density at radius 1 is 0.941 bits per heavy atom. The summed E-state index contributed by atoms with van der Waals surface area (Å²) in [6.07, 6.45) is -7.92. The molecule has 0 saturated carbocycles. The van der Waals surface area contributed by atoms with Gasteiger partial charge >= 0.3 is 0 Å². The summed E-state index contributed by atoms with van der Waals surface area (Å²) in [5.41, 5.74) is 0. The van der Waals surface area contributed by atoms with Gasteiger partial charge in [0.1, 0.15) is 30.5 Å². The van der Waals surface area contributed by atoms with Crippen molar-refractivity contribution in [2.45, 2.75) is 36.8 Å². The highest BCUT2D eigenvalue weighted by molar-refractivity contribution is 4.89. The molecular weight excluding hydrogens is 236 g/mol. The van der Waals surface area contributed by atoms with Crippen LogP contribution in [0.5, 0.6) is 0 Å². The lowest BCUT2D eigenvalue weighted by Crippen LogP contribution is -2.60. The molecule has 8 heteroatoms. The maximum atomic E-state index is 9.56. The van der Waals surface area contributed by atoms with Crippen LogP contribution in [0.25, 0.3) is 0 Å². The Hall–Kier alpha value is -0.320. The molecule has 0 aromatic rings. The average molecular weight is 254 g/mol. The van der Waals surface area contributed by atoms with Crippen molar-refractivity contribution in [3.8, 4) is 0 Å². The Kier molecular flexibility index (Phi) is 5.70. The molecule has 1 aliphatic heterocycles. The Bertz CT molecular complexity index is 217. The Morgan fingerprint density at radius 3 is 2.00 bits per heavy atom. The minimum atomic E-state index is -1.54. The number of rotatable bonds is 5. The normalized spacial score (nSPS) is 38.6. The Labute approximate surface area is 97.6 Å². The first kappa shape index (κ1) is 14.7. The summed E-state index contributed by atoms with van der Waals surface area (Å²) in [6, 6.07) is 0. The lowest BCUT2D eigenvalue weighted by atomic mass is 9.99. The van der Waals surface area contributed by atoms with E-state index in [0.29, 0.717) is 0 Å². The van der Waals surface area contributed by atoms with E-state index in [1.54, 1.807) is 0 Å². The van der Waals surface area contributed by atoms with Crippen LogP contribution in [0, 0.1) is 0 Å². The van der Waals surface area contributed by atoms with Crippen LogP contribution in [0.3, 0.4) is 0 Å². The smallest absolute Gasteiger partial charge is 0.187 e. The Balaban J connectivity index is 2.65. The molecular formula is C9H18O8. The predicted octanol–water partition coefficient (Wildman–Crippen LogP) is -3.84. The summed E-state index contributed by atoms with van der Waals surface area (Å²) in [6.45, 7) is -1.55. The first-order valence-corrected chi connectivity index (χ1v) is 5.22. The molecule has 17 heavy (non-hydrogen) atoms. The molecule has 0 bridgehead atoms. The highest BCUT2D eigenvalue weighted by Gasteiger charge is 2.44. The zero-order chi connectivity index (χ0) is 13.0. The summed E-state index contributed by atoms with van der Waals surface area (Å²) in [7, 11) is 0. The van der Waals surface area contributed by atoms with Gasteiger partial charge in [0, 0.05) is 0 Å². The molecule has 1 fully saturated rings. The SMILES string of the molecule is OCC(CO)O[C@@H]1OC(CO)[C@H](O)C(O)C1O. The minimum Gasteiger partial charge on any atom is -0.394 e. The minimum absolute atomic E-state index is 0.495. The fourth-order valence-electron chi connectivity index (χ4n) is 1.51. The molecule has 0 aliphatic carbocycles. The van der Waals surface area contributed by atoms with Crippen LogP contribution in [0.4, 0.5) is 0 Å². The third-order valence-electron chi connectivity index (χ3n) is 2.58. The van der Waals surface area contributed by atoms with E-state index in [1.807, 2.05) is 0 Å². The molecule has 0 aromatic carbocycles. The van der Waals surface area contributed by atoms with Crippen molar-refractivity contribution in [1.29, 1.82) is 0 Å². The number of aliphatic hydroxyl groups excluding tert-OH is 6. The molecule has 0 aromatic heterocycles. The molecule has 6 N–H and O–H groups in total. The zero-order valence-corrected chi connectivity index (χ0v) is 9.09. The van der Waals surface area contributed by atoms with Crippen molar-refractivity contribution in [1.82, 2.24) is 0 Å². The molecule has 8 nitrogen and oxygen atoms in total. The number of aliphatic hydroxyl groups is 6. The summed E-state index contributed by atoms with van der Waals surface area (Å²) < 4.78 is 10.0. The van der Waals surface area contributed by atoms with Gasteiger partial charge in [-0.05, 0) is 0 Å². The second-order valence-electron chi connectivity index (χ2n) is 3.82. The zero-order valence-electron chi connectivity index (χ0n) is 9.09. The first-order valence-electron chi connectivity index (χ1n) is 5.22. The summed E-state index contributed by atoms with van der Waals surface area (Å²) in [5, 5.41) is 55.0. The van der Waals surface area contributed by atoms with Crippen LogP contribution in [0.15, 0.2) is 0 Å². The summed E-state index contributed by atoms with van der Waals surface area (Å²) in [4.78, 5) is 0. The van der Waals surface area contributed by atoms with Crippen LogP contribution < -0.4 is 0 Å². The third-order valence-corrected chi connectivity index (χ3v) is 2.58. The van der Waals surface area contributed by atoms with Crippen molar-refractivity contribution in [3.63, 3.8) is 0 Å². The Morgan fingerprint density at radius 2 is 1.53 bits per heavy atom. The molecule has 0 spiro atoms. The van der Waals surface area contributed by atoms with E-state index in [1.165, 1.54) is 0 Å². The molecule has 1 heterocycles. The quantitative estimate of drug-likeness (QED) is 0.293. The standard InChI is InChI=1S/C9H18O8/c10-1-4(2-11)16-9-8(15)7(14)6(13)5(3-12)17-9/h4-15H,1-3H2/t5?,6-,7?,8?,9+/m0/s1. The van der Waals surface area contributed by atoms with Gasteiger partial charge in [0.2, 0.25) is 0 Å². The van der Waals surface area contributed by atoms with E-state index in [0.717, 1.165) is 0 Å². The molecule has 1 aliphatic rings. The van der Waals surface area contributed by atoms with E-state index in [9.17, 15) is 15.3 Å². The van der Waals surface area contributed by atoms with Gasteiger partial charge in [-0.25, -0.2) is 0 Å². The van der Waals surface area contributed by atoms with E-state index >= 15 is 0 Å². The molecule has 1 saturated heterocycles. The fraction of sp³-hybridized carbons (Fsp3) is 1.00. The number of hydrogen-bond donors (Lipinski definition) is 6. The first-order chi connectivity index (χ1) is 8.04. The van der Waals surface area contributed by atoms with Gasteiger partial charge in [0.25, 0.3) is 0 Å². The monoisotopic (exact) mass is 254 g/mol. The van der Waals surface area contributed by atoms with Crippen molar-refractivity contribution >= 4 is 0 Å². The maximum absolute atomic E-state index is 9.56. The summed E-state index contributed by atoms with van der Waals surface area (Å²) >= 11 is 0. The summed E-state index contributed by atoms with van der Waals surface area (Å²) in [5.74, 6) is 0. The van der Waals surface area contributed by atoms with Crippen LogP contribution in [0.1, 0.15) is 0 Å². The van der Waals surface area contributed by atoms with Gasteiger partial charge in [-0.15, -0.1) is 0 Å². The molecule has 0 amide bonds. The highest BCUT2D eigenvalue weighted by Crippen LogP contribution is 2.22. The van der Waals surface area contributed by atoms with Crippen LogP contribution in [0.2, 0.25) is 0 Å². The largest absolute Gasteiger partial charge is 0.394 e. The second kappa shape index (κ2) is 6.57. The van der Waals surface area contributed by atoms with E-state index in [2.05, 4.69) is 0 Å². The number of hydrogen-bond acceptors (Lipinski definition) is 8. The van der Waals surface area contributed by atoms with Crippen LogP contribution in [-0.4, -0.2) is 87.3 Å². The van der Waals surface area contributed by atoms with Gasteiger partial charge in [0.05, 0.1) is 19.8 Å². The molecule has 3 unspecified atom stereocenters. The van der Waals surface area contributed by atoms with Crippen molar-refractivity contribution < 1.29 is 40.1 Å². The van der Waals surface area contributed by atoms with Crippen LogP contribution >= 0.6 is 0 Å². The van der Waals surface area contributed by atoms with Gasteiger partial charge in [-0.2, -0.15) is 0 Å². The molecule has 1 rings (SSSR count). The lowest BCUT2D eigenvalue weighted by Gasteiger charge is -2.40. The van der Waals surface area contributed by atoms with Gasteiger partial charge in [0.15, 0.2) is 6.29 Å². The fourth-order valence-corrected chi connectivity index (χ4v) is 1.51. The second-order valence-corrected chi connectivity index (χ2v) is 3.82. The van der Waals surface area contributed by atoms with Crippen LogP contribution in [-0.2, 0) is 9.47 Å². The molecule has 102 valence electrons. The maximum Gasteiger partial charge on any atom is 0.187 e. The van der Waals surface area contributed by atoms with Gasteiger partial charge in [-0.3, -0.25) is 0 Å². The third kappa shape index (κ3) is 3.33. The van der Waals surface area contributed by atoms with Crippen molar-refractivity contribution in [2.75, 3.05) is 19.8 Å². The average Bonchev–Trinajstić information content (AvgIpc) is 2.35. The van der Waals surface area contributed by atoms with Gasteiger partial charge < -0.3 is 40.1 Å². The van der Waals surface area contributed by atoms with Crippen molar-refractivity contribution in [3.05, 3.63) is 0 Å². The topological polar surface area (TPSA) is 140 Å². The van der Waals surface area contributed by atoms with E-state index in [4.69, 9.17) is 24.8 Å². The van der Waals surface area contributed by atoms with E-state index in [-0.39, 0.29) is 0 Å².